The molecule has 0 aromatic heterocycles. The third-order valence-corrected chi connectivity index (χ3v) is 3.47. The van der Waals surface area contributed by atoms with Crippen molar-refractivity contribution in [2.24, 2.45) is 11.7 Å². The van der Waals surface area contributed by atoms with Gasteiger partial charge in [0.2, 0.25) is 0 Å². The lowest BCUT2D eigenvalue weighted by Crippen LogP contribution is -2.27. The Hall–Kier alpha value is -0.410. The number of nitrogens with two attached hydrogens (primary N) is 1. The van der Waals surface area contributed by atoms with Crippen LogP contribution in [0.15, 0.2) is 22.7 Å². The molecule has 0 saturated heterocycles. The zero-order chi connectivity index (χ0) is 10.1. The van der Waals surface area contributed by atoms with Crippen LogP contribution in [-0.2, 0) is 0 Å². The normalized spacial score (nSPS) is 19.1. The minimum atomic E-state index is -0.196. The molecule has 0 spiro atoms. The van der Waals surface area contributed by atoms with E-state index in [2.05, 4.69) is 15.9 Å². The fraction of sp³-hybridized carbons (Fsp3) is 0.455. The second-order valence-corrected chi connectivity index (χ2v) is 4.80. The highest BCUT2D eigenvalue weighted by molar-refractivity contribution is 9.10. The SMILES string of the molecule is N[C@@H](c1ccc(Br)cc1F)C1CCC1. The van der Waals surface area contributed by atoms with E-state index in [1.165, 1.54) is 12.5 Å². The van der Waals surface area contributed by atoms with Gasteiger partial charge in [0.15, 0.2) is 0 Å². The van der Waals surface area contributed by atoms with Gasteiger partial charge in [-0.15, -0.1) is 0 Å². The van der Waals surface area contributed by atoms with E-state index in [0.29, 0.717) is 11.5 Å². The van der Waals surface area contributed by atoms with Gasteiger partial charge in [-0.2, -0.15) is 0 Å². The molecule has 1 aliphatic rings. The minimum Gasteiger partial charge on any atom is -0.324 e. The highest BCUT2D eigenvalue weighted by atomic mass is 79.9. The van der Waals surface area contributed by atoms with Gasteiger partial charge in [0, 0.05) is 16.1 Å². The van der Waals surface area contributed by atoms with E-state index in [-0.39, 0.29) is 11.9 Å². The molecular formula is C11H13BrFN. The van der Waals surface area contributed by atoms with Gasteiger partial charge in [0.05, 0.1) is 0 Å². The van der Waals surface area contributed by atoms with E-state index in [4.69, 9.17) is 5.73 Å². The lowest BCUT2D eigenvalue weighted by molar-refractivity contribution is 0.260. The van der Waals surface area contributed by atoms with Crippen LogP contribution in [0.5, 0.6) is 0 Å². The molecule has 0 aliphatic heterocycles. The van der Waals surface area contributed by atoms with E-state index in [1.54, 1.807) is 6.07 Å². The Morgan fingerprint density at radius 2 is 2.14 bits per heavy atom. The Balaban J connectivity index is 2.22. The molecule has 0 bridgehead atoms. The topological polar surface area (TPSA) is 26.0 Å². The average Bonchev–Trinajstić information content (AvgIpc) is 2.00. The summed E-state index contributed by atoms with van der Waals surface area (Å²) in [5.74, 6) is 0.282. The Morgan fingerprint density at radius 1 is 1.43 bits per heavy atom. The van der Waals surface area contributed by atoms with Crippen LogP contribution in [0.3, 0.4) is 0 Å². The fourth-order valence-corrected chi connectivity index (χ4v) is 2.16. The summed E-state index contributed by atoms with van der Waals surface area (Å²) >= 11 is 3.23. The average molecular weight is 258 g/mol. The van der Waals surface area contributed by atoms with Crippen molar-refractivity contribution in [1.82, 2.24) is 0 Å². The van der Waals surface area contributed by atoms with Crippen molar-refractivity contribution < 1.29 is 4.39 Å². The van der Waals surface area contributed by atoms with Crippen LogP contribution < -0.4 is 5.73 Å². The zero-order valence-electron chi connectivity index (χ0n) is 7.84. The molecule has 2 N–H and O–H groups in total. The zero-order valence-corrected chi connectivity index (χ0v) is 9.43. The fourth-order valence-electron chi connectivity index (χ4n) is 1.82. The molecule has 1 saturated carbocycles. The molecule has 0 radical (unpaired) electrons. The first-order valence-electron chi connectivity index (χ1n) is 4.89. The predicted octanol–water partition coefficient (Wildman–Crippen LogP) is 3.39. The molecule has 76 valence electrons. The molecular weight excluding hydrogens is 245 g/mol. The molecule has 1 fully saturated rings. The van der Waals surface area contributed by atoms with E-state index in [1.807, 2.05) is 6.07 Å². The number of rotatable bonds is 2. The molecule has 14 heavy (non-hydrogen) atoms. The quantitative estimate of drug-likeness (QED) is 0.864. The molecule has 0 heterocycles. The first-order chi connectivity index (χ1) is 6.68. The van der Waals surface area contributed by atoms with Crippen LogP contribution in [0.4, 0.5) is 4.39 Å². The largest absolute Gasteiger partial charge is 0.324 e. The maximum Gasteiger partial charge on any atom is 0.129 e. The van der Waals surface area contributed by atoms with Crippen molar-refractivity contribution >= 4 is 15.9 Å². The summed E-state index contributed by atoms with van der Waals surface area (Å²) in [6.45, 7) is 0. The standard InChI is InChI=1S/C11H13BrFN/c12-8-4-5-9(10(13)6-8)11(14)7-2-1-3-7/h4-7,11H,1-3,14H2/t11-/m1/s1. The van der Waals surface area contributed by atoms with Gasteiger partial charge in [0.25, 0.3) is 0 Å². The van der Waals surface area contributed by atoms with Gasteiger partial charge < -0.3 is 5.73 Å². The number of benzene rings is 1. The molecule has 0 amide bonds. The van der Waals surface area contributed by atoms with Gasteiger partial charge in [-0.1, -0.05) is 28.4 Å². The van der Waals surface area contributed by atoms with Gasteiger partial charge in [-0.3, -0.25) is 0 Å². The Kier molecular flexibility index (Phi) is 2.88. The highest BCUT2D eigenvalue weighted by Gasteiger charge is 2.27. The summed E-state index contributed by atoms with van der Waals surface area (Å²) < 4.78 is 14.3. The summed E-state index contributed by atoms with van der Waals surface area (Å²) in [4.78, 5) is 0. The van der Waals surface area contributed by atoms with E-state index in [9.17, 15) is 4.39 Å². The summed E-state index contributed by atoms with van der Waals surface area (Å²) in [5, 5.41) is 0. The molecule has 3 heteroatoms. The van der Waals surface area contributed by atoms with Gasteiger partial charge in [-0.05, 0) is 30.9 Å². The second kappa shape index (κ2) is 3.99. The third kappa shape index (κ3) is 1.84. The van der Waals surface area contributed by atoms with Crippen molar-refractivity contribution in [2.45, 2.75) is 25.3 Å². The summed E-state index contributed by atoms with van der Waals surface area (Å²) in [6, 6.07) is 4.98. The van der Waals surface area contributed by atoms with E-state index >= 15 is 0 Å². The Morgan fingerprint density at radius 3 is 2.64 bits per heavy atom. The summed E-state index contributed by atoms with van der Waals surface area (Å²) in [7, 11) is 0. The van der Waals surface area contributed by atoms with Crippen molar-refractivity contribution in [3.8, 4) is 0 Å². The van der Waals surface area contributed by atoms with Crippen LogP contribution in [0.25, 0.3) is 0 Å². The lowest BCUT2D eigenvalue weighted by atomic mass is 9.77. The van der Waals surface area contributed by atoms with Gasteiger partial charge in [0.1, 0.15) is 5.82 Å². The van der Waals surface area contributed by atoms with E-state index in [0.717, 1.165) is 17.3 Å². The Bertz CT molecular complexity index is 336. The lowest BCUT2D eigenvalue weighted by Gasteiger charge is -2.31. The molecule has 1 nitrogen and oxygen atoms in total. The molecule has 1 aromatic rings. The maximum atomic E-state index is 13.5. The van der Waals surface area contributed by atoms with Crippen molar-refractivity contribution in [3.05, 3.63) is 34.1 Å². The van der Waals surface area contributed by atoms with Crippen molar-refractivity contribution in [3.63, 3.8) is 0 Å². The second-order valence-electron chi connectivity index (χ2n) is 3.88. The minimum absolute atomic E-state index is 0.128. The molecule has 0 unspecified atom stereocenters. The van der Waals surface area contributed by atoms with Crippen LogP contribution in [0.1, 0.15) is 30.9 Å². The van der Waals surface area contributed by atoms with Crippen LogP contribution in [-0.4, -0.2) is 0 Å². The number of halogens is 2. The maximum absolute atomic E-state index is 13.5. The number of hydrogen-bond acceptors (Lipinski definition) is 1. The van der Waals surface area contributed by atoms with Crippen LogP contribution >= 0.6 is 15.9 Å². The summed E-state index contributed by atoms with van der Waals surface area (Å²) in [6.07, 6.45) is 3.50. The van der Waals surface area contributed by atoms with Crippen LogP contribution in [0.2, 0.25) is 0 Å². The van der Waals surface area contributed by atoms with Gasteiger partial charge in [-0.25, -0.2) is 4.39 Å². The van der Waals surface area contributed by atoms with Crippen molar-refractivity contribution in [2.75, 3.05) is 0 Å². The van der Waals surface area contributed by atoms with Gasteiger partial charge >= 0.3 is 0 Å². The molecule has 1 atom stereocenters. The predicted molar refractivity (Wildman–Crippen MR) is 58.4 cm³/mol. The molecule has 1 aromatic carbocycles. The monoisotopic (exact) mass is 257 g/mol. The molecule has 2 rings (SSSR count). The first-order valence-corrected chi connectivity index (χ1v) is 5.68. The number of hydrogen-bond donors (Lipinski definition) is 1. The van der Waals surface area contributed by atoms with E-state index < -0.39 is 0 Å². The highest BCUT2D eigenvalue weighted by Crippen LogP contribution is 2.37. The van der Waals surface area contributed by atoms with Crippen molar-refractivity contribution in [1.29, 1.82) is 0 Å². The molecule has 1 aliphatic carbocycles. The third-order valence-electron chi connectivity index (χ3n) is 2.98. The first kappa shape index (κ1) is 10.1. The summed E-state index contributed by atoms with van der Waals surface area (Å²) in [5.41, 5.74) is 6.65. The smallest absolute Gasteiger partial charge is 0.129 e. The van der Waals surface area contributed by atoms with Crippen LogP contribution in [0, 0.1) is 11.7 Å². The Labute approximate surface area is 91.6 Å².